The molecule has 2 aromatic carbocycles. The van der Waals surface area contributed by atoms with E-state index in [2.05, 4.69) is 5.32 Å². The highest BCUT2D eigenvalue weighted by Gasteiger charge is 2.29. The van der Waals surface area contributed by atoms with E-state index in [-0.39, 0.29) is 36.0 Å². The number of amides is 2. The number of carbonyl (C=O) groups is 2. The van der Waals surface area contributed by atoms with Gasteiger partial charge in [0.2, 0.25) is 11.8 Å². The average molecular weight is 431 g/mol. The third kappa shape index (κ3) is 7.48. The SMILES string of the molecule is CC[C@H](C(=O)N[C@@H](C)CC)N(Cc1ccc(F)cc1)C(=O)CSCc1ccccc1. The lowest BCUT2D eigenvalue weighted by molar-refractivity contribution is -0.139. The molecule has 0 unspecified atom stereocenters. The average Bonchev–Trinajstić information content (AvgIpc) is 2.75. The standard InChI is InChI=1S/C24H31FN2O2S/c1-4-18(3)26-24(29)22(5-2)27(15-19-11-13-21(25)14-12-19)23(28)17-30-16-20-9-7-6-8-10-20/h6-14,18,22H,4-5,15-17H2,1-3H3,(H,26,29)/t18-,22+/m0/s1. The van der Waals surface area contributed by atoms with Gasteiger partial charge in [-0.1, -0.05) is 56.3 Å². The highest BCUT2D eigenvalue weighted by atomic mass is 32.2. The van der Waals surface area contributed by atoms with E-state index in [0.717, 1.165) is 23.3 Å². The van der Waals surface area contributed by atoms with Gasteiger partial charge in [0.25, 0.3) is 0 Å². The summed E-state index contributed by atoms with van der Waals surface area (Å²) in [6.45, 7) is 6.14. The second-order valence-electron chi connectivity index (χ2n) is 7.37. The molecule has 2 aromatic rings. The number of nitrogens with zero attached hydrogens (tertiary/aromatic N) is 1. The van der Waals surface area contributed by atoms with Gasteiger partial charge in [-0.3, -0.25) is 9.59 Å². The fourth-order valence-corrected chi connectivity index (χ4v) is 3.93. The topological polar surface area (TPSA) is 49.4 Å². The van der Waals surface area contributed by atoms with E-state index in [0.29, 0.717) is 6.42 Å². The number of carbonyl (C=O) groups excluding carboxylic acids is 2. The predicted octanol–water partition coefficient (Wildman–Crippen LogP) is 4.78. The first-order valence-electron chi connectivity index (χ1n) is 10.4. The summed E-state index contributed by atoms with van der Waals surface area (Å²) < 4.78 is 13.3. The van der Waals surface area contributed by atoms with Crippen molar-refractivity contribution >= 4 is 23.6 Å². The first-order valence-corrected chi connectivity index (χ1v) is 11.6. The summed E-state index contributed by atoms with van der Waals surface area (Å²) in [5.41, 5.74) is 1.95. The van der Waals surface area contributed by atoms with Gasteiger partial charge in [-0.05, 0) is 43.0 Å². The Morgan fingerprint density at radius 3 is 2.27 bits per heavy atom. The van der Waals surface area contributed by atoms with Crippen LogP contribution in [0.5, 0.6) is 0 Å². The molecule has 6 heteroatoms. The molecule has 1 N–H and O–H groups in total. The van der Waals surface area contributed by atoms with Crippen molar-refractivity contribution in [3.63, 3.8) is 0 Å². The maximum Gasteiger partial charge on any atom is 0.243 e. The number of thioether (sulfide) groups is 1. The first-order chi connectivity index (χ1) is 14.4. The fraction of sp³-hybridized carbons (Fsp3) is 0.417. The molecule has 0 fully saturated rings. The fourth-order valence-electron chi connectivity index (χ4n) is 3.06. The minimum absolute atomic E-state index is 0.0433. The largest absolute Gasteiger partial charge is 0.352 e. The van der Waals surface area contributed by atoms with Crippen molar-refractivity contribution in [2.45, 2.75) is 58.0 Å². The molecule has 0 saturated heterocycles. The number of hydrogen-bond acceptors (Lipinski definition) is 3. The zero-order chi connectivity index (χ0) is 21.9. The summed E-state index contributed by atoms with van der Waals surface area (Å²) in [4.78, 5) is 27.6. The van der Waals surface area contributed by atoms with E-state index >= 15 is 0 Å². The van der Waals surface area contributed by atoms with Crippen LogP contribution in [0.25, 0.3) is 0 Å². The third-order valence-corrected chi connectivity index (χ3v) is 5.98. The molecule has 0 heterocycles. The normalized spacial score (nSPS) is 12.8. The van der Waals surface area contributed by atoms with Gasteiger partial charge >= 0.3 is 0 Å². The number of benzene rings is 2. The van der Waals surface area contributed by atoms with E-state index in [9.17, 15) is 14.0 Å². The van der Waals surface area contributed by atoms with Crippen LogP contribution in [-0.4, -0.2) is 34.6 Å². The molecule has 4 nitrogen and oxygen atoms in total. The Bertz CT molecular complexity index is 799. The smallest absolute Gasteiger partial charge is 0.243 e. The van der Waals surface area contributed by atoms with Crippen LogP contribution >= 0.6 is 11.8 Å². The molecule has 0 spiro atoms. The van der Waals surface area contributed by atoms with Crippen molar-refractivity contribution in [3.05, 3.63) is 71.5 Å². The number of halogens is 1. The second kappa shape index (κ2) is 12.4. The predicted molar refractivity (Wildman–Crippen MR) is 122 cm³/mol. The molecular weight excluding hydrogens is 399 g/mol. The zero-order valence-electron chi connectivity index (χ0n) is 17.9. The zero-order valence-corrected chi connectivity index (χ0v) is 18.8. The van der Waals surface area contributed by atoms with E-state index < -0.39 is 6.04 Å². The van der Waals surface area contributed by atoms with Crippen molar-refractivity contribution in [1.29, 1.82) is 0 Å². The minimum Gasteiger partial charge on any atom is -0.352 e. The summed E-state index contributed by atoms with van der Waals surface area (Å²) in [6, 6.07) is 15.5. The van der Waals surface area contributed by atoms with Gasteiger partial charge in [0.05, 0.1) is 5.75 Å². The van der Waals surface area contributed by atoms with Crippen LogP contribution in [0.1, 0.15) is 44.7 Å². The van der Waals surface area contributed by atoms with Crippen LogP contribution < -0.4 is 5.32 Å². The Kier molecular flexibility index (Phi) is 9.87. The quantitative estimate of drug-likeness (QED) is 0.558. The number of hydrogen-bond donors (Lipinski definition) is 1. The molecule has 2 amide bonds. The van der Waals surface area contributed by atoms with Crippen LogP contribution in [-0.2, 0) is 21.9 Å². The van der Waals surface area contributed by atoms with Crippen LogP contribution in [0.3, 0.4) is 0 Å². The van der Waals surface area contributed by atoms with E-state index in [1.807, 2.05) is 51.1 Å². The Morgan fingerprint density at radius 2 is 1.67 bits per heavy atom. The first kappa shape index (κ1) is 23.9. The molecule has 0 aliphatic heterocycles. The monoisotopic (exact) mass is 430 g/mol. The van der Waals surface area contributed by atoms with Gasteiger partial charge in [0.15, 0.2) is 0 Å². The Hall–Kier alpha value is -2.34. The highest BCUT2D eigenvalue weighted by Crippen LogP contribution is 2.17. The lowest BCUT2D eigenvalue weighted by Crippen LogP contribution is -2.51. The van der Waals surface area contributed by atoms with Crippen LogP contribution in [0.15, 0.2) is 54.6 Å². The summed E-state index contributed by atoms with van der Waals surface area (Å²) in [7, 11) is 0. The maximum atomic E-state index is 13.3. The minimum atomic E-state index is -0.561. The Morgan fingerprint density at radius 1 is 1.00 bits per heavy atom. The van der Waals surface area contributed by atoms with Crippen molar-refractivity contribution in [1.82, 2.24) is 10.2 Å². The third-order valence-electron chi connectivity index (χ3n) is 4.99. The molecule has 162 valence electrons. The van der Waals surface area contributed by atoms with Gasteiger partial charge in [-0.25, -0.2) is 4.39 Å². The molecular formula is C24H31FN2O2S. The van der Waals surface area contributed by atoms with E-state index in [4.69, 9.17) is 0 Å². The Labute approximate surface area is 183 Å². The Balaban J connectivity index is 2.12. The van der Waals surface area contributed by atoms with Gasteiger partial charge in [-0.15, -0.1) is 11.8 Å². The molecule has 0 aliphatic carbocycles. The summed E-state index contributed by atoms with van der Waals surface area (Å²) in [6.07, 6.45) is 1.33. The molecule has 0 radical (unpaired) electrons. The molecule has 2 atom stereocenters. The van der Waals surface area contributed by atoms with Crippen LogP contribution in [0.4, 0.5) is 4.39 Å². The van der Waals surface area contributed by atoms with E-state index in [1.165, 1.54) is 23.9 Å². The van der Waals surface area contributed by atoms with Crippen LogP contribution in [0.2, 0.25) is 0 Å². The second-order valence-corrected chi connectivity index (χ2v) is 8.35. The summed E-state index contributed by atoms with van der Waals surface area (Å²) in [5.74, 6) is 0.453. The lowest BCUT2D eigenvalue weighted by atomic mass is 10.1. The lowest BCUT2D eigenvalue weighted by Gasteiger charge is -2.31. The van der Waals surface area contributed by atoms with Crippen molar-refractivity contribution in [2.75, 3.05) is 5.75 Å². The summed E-state index contributed by atoms with van der Waals surface area (Å²) in [5, 5.41) is 2.99. The molecule has 0 saturated carbocycles. The molecule has 0 aliphatic rings. The number of rotatable bonds is 11. The highest BCUT2D eigenvalue weighted by molar-refractivity contribution is 7.99. The van der Waals surface area contributed by atoms with Gasteiger partial charge in [0.1, 0.15) is 11.9 Å². The maximum absolute atomic E-state index is 13.3. The van der Waals surface area contributed by atoms with E-state index in [1.54, 1.807) is 17.0 Å². The molecule has 0 bridgehead atoms. The van der Waals surface area contributed by atoms with Crippen molar-refractivity contribution in [2.24, 2.45) is 0 Å². The number of nitrogens with one attached hydrogen (secondary N) is 1. The molecule has 30 heavy (non-hydrogen) atoms. The van der Waals surface area contributed by atoms with Gasteiger partial charge in [0, 0.05) is 18.3 Å². The summed E-state index contributed by atoms with van der Waals surface area (Å²) >= 11 is 1.53. The van der Waals surface area contributed by atoms with Gasteiger partial charge in [-0.2, -0.15) is 0 Å². The van der Waals surface area contributed by atoms with Crippen molar-refractivity contribution in [3.8, 4) is 0 Å². The molecule has 0 aromatic heterocycles. The molecule has 2 rings (SSSR count). The van der Waals surface area contributed by atoms with Gasteiger partial charge < -0.3 is 10.2 Å². The van der Waals surface area contributed by atoms with Crippen LogP contribution in [0, 0.1) is 5.82 Å². The van der Waals surface area contributed by atoms with Crippen molar-refractivity contribution < 1.29 is 14.0 Å².